The van der Waals surface area contributed by atoms with E-state index in [4.69, 9.17) is 10.5 Å². The maximum Gasteiger partial charge on any atom is 0.258 e. The molecule has 4 heteroatoms. The Kier molecular flexibility index (Phi) is 6.36. The van der Waals surface area contributed by atoms with E-state index in [9.17, 15) is 4.79 Å². The number of nitrogens with two attached hydrogens (primary N) is 1. The van der Waals surface area contributed by atoms with Gasteiger partial charge < -0.3 is 15.8 Å². The fourth-order valence-corrected chi connectivity index (χ4v) is 1.75. The smallest absolute Gasteiger partial charge is 0.258 e. The van der Waals surface area contributed by atoms with Crippen LogP contribution in [0.15, 0.2) is 24.3 Å². The minimum Gasteiger partial charge on any atom is -0.483 e. The summed E-state index contributed by atoms with van der Waals surface area (Å²) in [6, 6.07) is 7.66. The summed E-state index contributed by atoms with van der Waals surface area (Å²) < 4.78 is 5.51. The van der Waals surface area contributed by atoms with Crippen molar-refractivity contribution in [3.05, 3.63) is 29.8 Å². The number of hydrogen-bond acceptors (Lipinski definition) is 3. The molecule has 2 atom stereocenters. The van der Waals surface area contributed by atoms with Crippen LogP contribution in [-0.4, -0.2) is 18.6 Å². The number of para-hydroxylation sites is 1. The van der Waals surface area contributed by atoms with Gasteiger partial charge in [0.15, 0.2) is 6.61 Å². The van der Waals surface area contributed by atoms with Crippen LogP contribution in [0, 0.1) is 5.92 Å². The summed E-state index contributed by atoms with van der Waals surface area (Å²) in [6.07, 6.45) is 1.04. The number of benzene rings is 1. The first-order chi connectivity index (χ1) is 9.08. The van der Waals surface area contributed by atoms with E-state index in [0.29, 0.717) is 18.2 Å². The van der Waals surface area contributed by atoms with Crippen molar-refractivity contribution in [1.29, 1.82) is 0 Å². The molecule has 0 radical (unpaired) electrons. The van der Waals surface area contributed by atoms with E-state index in [0.717, 1.165) is 12.0 Å². The monoisotopic (exact) mass is 264 g/mol. The van der Waals surface area contributed by atoms with Gasteiger partial charge in [0.1, 0.15) is 5.75 Å². The highest BCUT2D eigenvalue weighted by Gasteiger charge is 2.13. The number of ether oxygens (including phenoxy) is 1. The van der Waals surface area contributed by atoms with Crippen molar-refractivity contribution in [3.8, 4) is 5.75 Å². The summed E-state index contributed by atoms with van der Waals surface area (Å²) in [5.74, 6) is 1.04. The molecule has 0 bridgehead atoms. The van der Waals surface area contributed by atoms with Gasteiger partial charge in [-0.1, -0.05) is 38.5 Å². The Hall–Kier alpha value is -1.55. The lowest BCUT2D eigenvalue weighted by Crippen LogP contribution is -2.39. The van der Waals surface area contributed by atoms with E-state index in [-0.39, 0.29) is 18.6 Å². The quantitative estimate of drug-likeness (QED) is 0.792. The van der Waals surface area contributed by atoms with Crippen LogP contribution in [0.1, 0.15) is 32.8 Å². The van der Waals surface area contributed by atoms with Crippen molar-refractivity contribution in [2.45, 2.75) is 39.8 Å². The first-order valence-corrected chi connectivity index (χ1v) is 6.78. The van der Waals surface area contributed by atoms with E-state index in [2.05, 4.69) is 19.2 Å². The molecule has 1 amide bonds. The molecule has 0 fully saturated rings. The van der Waals surface area contributed by atoms with Crippen molar-refractivity contribution in [2.24, 2.45) is 11.7 Å². The molecule has 1 aromatic rings. The van der Waals surface area contributed by atoms with Crippen molar-refractivity contribution in [2.75, 3.05) is 6.61 Å². The number of hydrogen-bond donors (Lipinski definition) is 2. The number of carbonyl (C=O) groups is 1. The molecule has 0 heterocycles. The van der Waals surface area contributed by atoms with Crippen LogP contribution in [0.2, 0.25) is 0 Å². The van der Waals surface area contributed by atoms with Gasteiger partial charge in [-0.3, -0.25) is 4.79 Å². The van der Waals surface area contributed by atoms with Crippen LogP contribution in [0.4, 0.5) is 0 Å². The molecular weight excluding hydrogens is 240 g/mol. The lowest BCUT2D eigenvalue weighted by atomic mass is 10.0. The van der Waals surface area contributed by atoms with Gasteiger partial charge in [0.05, 0.1) is 0 Å². The third kappa shape index (κ3) is 4.91. The highest BCUT2D eigenvalue weighted by atomic mass is 16.5. The zero-order valence-electron chi connectivity index (χ0n) is 12.0. The van der Waals surface area contributed by atoms with Crippen molar-refractivity contribution < 1.29 is 9.53 Å². The average Bonchev–Trinajstić information content (AvgIpc) is 2.44. The Morgan fingerprint density at radius 1 is 1.37 bits per heavy atom. The van der Waals surface area contributed by atoms with Crippen LogP contribution in [-0.2, 0) is 11.3 Å². The lowest BCUT2D eigenvalue weighted by molar-refractivity contribution is -0.124. The van der Waals surface area contributed by atoms with Crippen LogP contribution in [0.3, 0.4) is 0 Å². The Balaban J connectivity index is 2.46. The predicted molar refractivity (Wildman–Crippen MR) is 76.9 cm³/mol. The first kappa shape index (κ1) is 15.5. The molecule has 19 heavy (non-hydrogen) atoms. The number of nitrogens with one attached hydrogen (secondary N) is 1. The predicted octanol–water partition coefficient (Wildman–Crippen LogP) is 2.07. The summed E-state index contributed by atoms with van der Waals surface area (Å²) >= 11 is 0. The molecule has 2 unspecified atom stereocenters. The molecular formula is C15H24N2O2. The van der Waals surface area contributed by atoms with E-state index >= 15 is 0 Å². The fourth-order valence-electron chi connectivity index (χ4n) is 1.75. The van der Waals surface area contributed by atoms with E-state index < -0.39 is 0 Å². The number of carbonyl (C=O) groups excluding carboxylic acids is 1. The number of amides is 1. The highest BCUT2D eigenvalue weighted by molar-refractivity contribution is 5.77. The fraction of sp³-hybridized carbons (Fsp3) is 0.533. The van der Waals surface area contributed by atoms with Gasteiger partial charge in [-0.2, -0.15) is 0 Å². The van der Waals surface area contributed by atoms with Crippen LogP contribution < -0.4 is 15.8 Å². The molecule has 0 aliphatic rings. The van der Waals surface area contributed by atoms with Crippen LogP contribution >= 0.6 is 0 Å². The molecule has 0 spiro atoms. The molecule has 0 aromatic heterocycles. The summed E-state index contributed by atoms with van der Waals surface area (Å²) in [4.78, 5) is 11.8. The van der Waals surface area contributed by atoms with Crippen molar-refractivity contribution in [3.63, 3.8) is 0 Å². The zero-order valence-corrected chi connectivity index (χ0v) is 12.0. The van der Waals surface area contributed by atoms with Crippen molar-refractivity contribution >= 4 is 5.91 Å². The second-order valence-electron chi connectivity index (χ2n) is 4.84. The van der Waals surface area contributed by atoms with E-state index in [1.807, 2.05) is 31.2 Å². The summed E-state index contributed by atoms with van der Waals surface area (Å²) in [7, 11) is 0. The zero-order chi connectivity index (χ0) is 14.3. The van der Waals surface area contributed by atoms with Crippen LogP contribution in [0.25, 0.3) is 0 Å². The van der Waals surface area contributed by atoms with Gasteiger partial charge in [-0.25, -0.2) is 0 Å². The van der Waals surface area contributed by atoms with E-state index in [1.54, 1.807) is 0 Å². The Morgan fingerprint density at radius 3 is 2.68 bits per heavy atom. The molecule has 0 aliphatic heterocycles. The maximum atomic E-state index is 11.8. The highest BCUT2D eigenvalue weighted by Crippen LogP contribution is 2.16. The topological polar surface area (TPSA) is 64.3 Å². The second kappa shape index (κ2) is 7.79. The van der Waals surface area contributed by atoms with Gasteiger partial charge >= 0.3 is 0 Å². The maximum absolute atomic E-state index is 11.8. The summed E-state index contributed by atoms with van der Waals surface area (Å²) in [5, 5.41) is 2.94. The molecule has 1 aromatic carbocycles. The normalized spacial score (nSPS) is 13.7. The van der Waals surface area contributed by atoms with Gasteiger partial charge in [-0.15, -0.1) is 0 Å². The average molecular weight is 264 g/mol. The number of rotatable bonds is 7. The Morgan fingerprint density at radius 2 is 2.05 bits per heavy atom. The van der Waals surface area contributed by atoms with Gasteiger partial charge in [-0.05, 0) is 18.9 Å². The largest absolute Gasteiger partial charge is 0.483 e. The Bertz CT molecular complexity index is 407. The van der Waals surface area contributed by atoms with Gasteiger partial charge in [0, 0.05) is 18.2 Å². The minimum absolute atomic E-state index is 0.0256. The molecule has 0 saturated carbocycles. The van der Waals surface area contributed by atoms with Crippen LogP contribution in [0.5, 0.6) is 5.75 Å². The molecule has 0 aliphatic carbocycles. The SMILES string of the molecule is CCC(C)C(C)NC(=O)COc1ccccc1CN. The Labute approximate surface area is 115 Å². The summed E-state index contributed by atoms with van der Waals surface area (Å²) in [5.41, 5.74) is 6.52. The third-order valence-corrected chi connectivity index (χ3v) is 3.44. The molecule has 106 valence electrons. The third-order valence-electron chi connectivity index (χ3n) is 3.44. The van der Waals surface area contributed by atoms with Gasteiger partial charge in [0.25, 0.3) is 5.91 Å². The molecule has 4 nitrogen and oxygen atoms in total. The first-order valence-electron chi connectivity index (χ1n) is 6.78. The minimum atomic E-state index is -0.0976. The second-order valence-corrected chi connectivity index (χ2v) is 4.84. The van der Waals surface area contributed by atoms with Gasteiger partial charge in [0.2, 0.25) is 0 Å². The standard InChI is InChI=1S/C15H24N2O2/c1-4-11(2)12(3)17-15(18)10-19-14-8-6-5-7-13(14)9-16/h5-8,11-12H,4,9-10,16H2,1-3H3,(H,17,18). The van der Waals surface area contributed by atoms with E-state index in [1.165, 1.54) is 0 Å². The van der Waals surface area contributed by atoms with Crippen molar-refractivity contribution in [1.82, 2.24) is 5.32 Å². The summed E-state index contributed by atoms with van der Waals surface area (Å²) in [6.45, 7) is 6.68. The molecule has 3 N–H and O–H groups in total. The molecule has 1 rings (SSSR count). The molecule has 0 saturated heterocycles. The lowest BCUT2D eigenvalue weighted by Gasteiger charge is -2.20.